The topological polar surface area (TPSA) is 44.8 Å². The second-order valence-corrected chi connectivity index (χ2v) is 5.50. The van der Waals surface area contributed by atoms with E-state index in [4.69, 9.17) is 14.2 Å². The van der Waals surface area contributed by atoms with E-state index in [1.165, 1.54) is 32.8 Å². The fourth-order valence-corrected chi connectivity index (χ4v) is 2.48. The van der Waals surface area contributed by atoms with Crippen LogP contribution in [-0.4, -0.2) is 32.1 Å². The number of ether oxygens (including phenoxy) is 3. The number of methoxy groups -OCH3 is 1. The summed E-state index contributed by atoms with van der Waals surface area (Å²) < 4.78 is 16.1. The summed E-state index contributed by atoms with van der Waals surface area (Å²) in [6.45, 7) is 2.95. The third kappa shape index (κ3) is 7.25. The van der Waals surface area contributed by atoms with E-state index < -0.39 is 6.10 Å². The Balaban J connectivity index is 2.23. The molecule has 4 nitrogen and oxygen atoms in total. The molecule has 1 rings (SSSR count). The Hall–Kier alpha value is -0.610. The maximum atomic E-state index is 11.7. The van der Waals surface area contributed by atoms with E-state index in [1.54, 1.807) is 0 Å². The Bertz CT molecular complexity index is 249. The van der Waals surface area contributed by atoms with Gasteiger partial charge in [-0.15, -0.1) is 0 Å². The van der Waals surface area contributed by atoms with Crippen molar-refractivity contribution in [1.29, 1.82) is 0 Å². The zero-order valence-electron chi connectivity index (χ0n) is 13.1. The van der Waals surface area contributed by atoms with Gasteiger partial charge in [-0.3, -0.25) is 0 Å². The van der Waals surface area contributed by atoms with Crippen LogP contribution in [0.5, 0.6) is 0 Å². The number of esters is 1. The molecule has 1 saturated heterocycles. The van der Waals surface area contributed by atoms with Gasteiger partial charge in [0.15, 0.2) is 12.4 Å². The van der Waals surface area contributed by atoms with Gasteiger partial charge in [0.25, 0.3) is 0 Å². The zero-order chi connectivity index (χ0) is 14.6. The van der Waals surface area contributed by atoms with E-state index in [1.807, 2.05) is 0 Å². The molecule has 0 aromatic heterocycles. The molecule has 0 spiro atoms. The summed E-state index contributed by atoms with van der Waals surface area (Å²) in [5.74, 6) is -0.271. The summed E-state index contributed by atoms with van der Waals surface area (Å²) >= 11 is 0. The minimum absolute atomic E-state index is 0.229. The average Bonchev–Trinajstić information content (AvgIpc) is 2.49. The van der Waals surface area contributed by atoms with Gasteiger partial charge < -0.3 is 14.2 Å². The van der Waals surface area contributed by atoms with Crippen molar-refractivity contribution in [2.24, 2.45) is 0 Å². The number of unbranched alkanes of at least 4 members (excludes halogenated alkanes) is 5. The van der Waals surface area contributed by atoms with Gasteiger partial charge >= 0.3 is 5.97 Å². The standard InChI is InChI=1S/C16H30O4/c1-3-4-5-6-7-8-11-14(16(17)18-2)20-15-12-9-10-13-19-15/h14-15H,3-13H2,1-2H3. The summed E-state index contributed by atoms with van der Waals surface area (Å²) in [6.07, 6.45) is 10.4. The molecule has 4 heteroatoms. The van der Waals surface area contributed by atoms with E-state index in [0.717, 1.165) is 45.1 Å². The van der Waals surface area contributed by atoms with Crippen molar-refractivity contribution in [1.82, 2.24) is 0 Å². The van der Waals surface area contributed by atoms with Crippen LogP contribution in [0.25, 0.3) is 0 Å². The van der Waals surface area contributed by atoms with Gasteiger partial charge in [-0.05, 0) is 25.7 Å². The number of rotatable bonds is 10. The van der Waals surface area contributed by atoms with Gasteiger partial charge in [-0.25, -0.2) is 4.79 Å². The molecular weight excluding hydrogens is 256 g/mol. The number of hydrogen-bond donors (Lipinski definition) is 0. The predicted octanol–water partition coefficient (Wildman–Crippen LogP) is 3.82. The zero-order valence-corrected chi connectivity index (χ0v) is 13.1. The molecule has 118 valence electrons. The molecule has 1 heterocycles. The van der Waals surface area contributed by atoms with Crippen molar-refractivity contribution in [3.63, 3.8) is 0 Å². The van der Waals surface area contributed by atoms with E-state index in [-0.39, 0.29) is 12.3 Å². The highest BCUT2D eigenvalue weighted by Gasteiger charge is 2.25. The van der Waals surface area contributed by atoms with Gasteiger partial charge in [0.05, 0.1) is 7.11 Å². The molecule has 20 heavy (non-hydrogen) atoms. The van der Waals surface area contributed by atoms with Crippen LogP contribution >= 0.6 is 0 Å². The maximum Gasteiger partial charge on any atom is 0.335 e. The highest BCUT2D eigenvalue weighted by molar-refractivity contribution is 5.74. The lowest BCUT2D eigenvalue weighted by Crippen LogP contribution is -2.33. The summed E-state index contributed by atoms with van der Waals surface area (Å²) in [4.78, 5) is 11.7. The molecule has 0 N–H and O–H groups in total. The number of carbonyl (C=O) groups is 1. The van der Waals surface area contributed by atoms with E-state index in [2.05, 4.69) is 6.92 Å². The molecule has 1 aliphatic heterocycles. The second-order valence-electron chi connectivity index (χ2n) is 5.50. The first-order valence-corrected chi connectivity index (χ1v) is 8.12. The Kier molecular flexibility index (Phi) is 9.67. The van der Waals surface area contributed by atoms with Crippen molar-refractivity contribution in [2.75, 3.05) is 13.7 Å². The SMILES string of the molecule is CCCCCCCCC(OC1CCCCO1)C(=O)OC. The summed E-state index contributed by atoms with van der Waals surface area (Å²) in [5, 5.41) is 0. The quantitative estimate of drug-likeness (QED) is 0.452. The largest absolute Gasteiger partial charge is 0.467 e. The Morgan fingerprint density at radius 1 is 1.20 bits per heavy atom. The molecule has 1 aliphatic rings. The summed E-state index contributed by atoms with van der Waals surface area (Å²) in [5.41, 5.74) is 0. The molecule has 0 aromatic carbocycles. The van der Waals surface area contributed by atoms with Crippen LogP contribution in [0.2, 0.25) is 0 Å². The van der Waals surface area contributed by atoms with Crippen LogP contribution in [0.4, 0.5) is 0 Å². The minimum atomic E-state index is -0.464. The molecule has 1 fully saturated rings. The lowest BCUT2D eigenvalue weighted by atomic mass is 10.1. The van der Waals surface area contributed by atoms with Gasteiger partial charge in [-0.1, -0.05) is 45.4 Å². The smallest absolute Gasteiger partial charge is 0.335 e. The van der Waals surface area contributed by atoms with Crippen LogP contribution in [0.15, 0.2) is 0 Å². The van der Waals surface area contributed by atoms with Crippen LogP contribution in [0.3, 0.4) is 0 Å². The van der Waals surface area contributed by atoms with Crippen molar-refractivity contribution >= 4 is 5.97 Å². The van der Waals surface area contributed by atoms with Gasteiger partial charge in [-0.2, -0.15) is 0 Å². The normalized spacial score (nSPS) is 20.6. The summed E-state index contributed by atoms with van der Waals surface area (Å²) in [6, 6.07) is 0. The van der Waals surface area contributed by atoms with Crippen molar-refractivity contribution in [3.8, 4) is 0 Å². The number of hydrogen-bond acceptors (Lipinski definition) is 4. The molecular formula is C16H30O4. The van der Waals surface area contributed by atoms with Crippen LogP contribution in [0.1, 0.15) is 71.1 Å². The Morgan fingerprint density at radius 3 is 2.60 bits per heavy atom. The van der Waals surface area contributed by atoms with E-state index in [9.17, 15) is 4.79 Å². The Labute approximate surface area is 123 Å². The highest BCUT2D eigenvalue weighted by atomic mass is 16.7. The van der Waals surface area contributed by atoms with E-state index in [0.29, 0.717) is 0 Å². The van der Waals surface area contributed by atoms with Crippen LogP contribution < -0.4 is 0 Å². The van der Waals surface area contributed by atoms with Gasteiger partial charge in [0.2, 0.25) is 0 Å². The van der Waals surface area contributed by atoms with Crippen molar-refractivity contribution in [3.05, 3.63) is 0 Å². The fraction of sp³-hybridized carbons (Fsp3) is 0.938. The third-order valence-electron chi connectivity index (χ3n) is 3.74. The van der Waals surface area contributed by atoms with Crippen molar-refractivity contribution in [2.45, 2.75) is 83.5 Å². The minimum Gasteiger partial charge on any atom is -0.467 e. The van der Waals surface area contributed by atoms with Crippen molar-refractivity contribution < 1.29 is 19.0 Å². The van der Waals surface area contributed by atoms with Crippen LogP contribution in [0, 0.1) is 0 Å². The average molecular weight is 286 g/mol. The first-order valence-electron chi connectivity index (χ1n) is 8.12. The fourth-order valence-electron chi connectivity index (χ4n) is 2.48. The molecule has 0 radical (unpaired) electrons. The molecule has 2 unspecified atom stereocenters. The third-order valence-corrected chi connectivity index (χ3v) is 3.74. The number of carbonyl (C=O) groups excluding carboxylic acids is 1. The maximum absolute atomic E-state index is 11.7. The van der Waals surface area contributed by atoms with Crippen LogP contribution in [-0.2, 0) is 19.0 Å². The van der Waals surface area contributed by atoms with E-state index >= 15 is 0 Å². The second kappa shape index (κ2) is 11.1. The lowest BCUT2D eigenvalue weighted by Gasteiger charge is -2.26. The first-order chi connectivity index (χ1) is 9.77. The molecule has 0 amide bonds. The highest BCUT2D eigenvalue weighted by Crippen LogP contribution is 2.19. The summed E-state index contributed by atoms with van der Waals surface area (Å²) in [7, 11) is 1.42. The Morgan fingerprint density at radius 2 is 1.95 bits per heavy atom. The van der Waals surface area contributed by atoms with Gasteiger partial charge in [0, 0.05) is 6.61 Å². The molecule has 2 atom stereocenters. The molecule has 0 aromatic rings. The lowest BCUT2D eigenvalue weighted by molar-refractivity contribution is -0.203. The molecule has 0 saturated carbocycles. The monoisotopic (exact) mass is 286 g/mol. The predicted molar refractivity (Wildman–Crippen MR) is 78.5 cm³/mol. The molecule has 0 aliphatic carbocycles. The molecule has 0 bridgehead atoms. The van der Waals surface area contributed by atoms with Gasteiger partial charge in [0.1, 0.15) is 0 Å². The first kappa shape index (κ1) is 17.4.